The lowest BCUT2D eigenvalue weighted by Gasteiger charge is -2.21. The number of anilines is 1. The fraction of sp³-hybridized carbons (Fsp3) is 0.286. The van der Waals surface area contributed by atoms with Crippen molar-refractivity contribution >= 4 is 39.2 Å². The molecule has 154 valence electrons. The van der Waals surface area contributed by atoms with Crippen molar-refractivity contribution in [3.05, 3.63) is 47.5 Å². The highest BCUT2D eigenvalue weighted by molar-refractivity contribution is 7.18. The number of hydrogen-bond donors (Lipinski definition) is 2. The lowest BCUT2D eigenvalue weighted by Crippen LogP contribution is -2.41. The topological polar surface area (TPSA) is 92.8 Å². The first-order chi connectivity index (χ1) is 14.7. The third kappa shape index (κ3) is 3.81. The number of aromatic nitrogens is 1. The molecule has 1 atom stereocenters. The standard InChI is InChI=1S/C21H20N4O4S/c26-19(24-21(27)22-13-7-8-16-17(10-13)29-12-28-16)11-25-9-3-5-15(25)20-23-14-4-1-2-6-18(14)30-20/h1-2,4,6-8,10,15H,3,5,9,11-12H2,(H2,22,24,26,27)/t15-/m1/s1. The first-order valence-corrected chi connectivity index (χ1v) is 10.6. The van der Waals surface area contributed by atoms with Gasteiger partial charge in [-0.2, -0.15) is 0 Å². The monoisotopic (exact) mass is 424 g/mol. The Bertz CT molecular complexity index is 1080. The molecular formula is C21H20N4O4S. The van der Waals surface area contributed by atoms with Gasteiger partial charge in [0.15, 0.2) is 11.5 Å². The van der Waals surface area contributed by atoms with E-state index in [1.807, 2.05) is 18.2 Å². The number of urea groups is 1. The quantitative estimate of drug-likeness (QED) is 0.666. The molecule has 0 aliphatic carbocycles. The van der Waals surface area contributed by atoms with Crippen LogP contribution in [0.3, 0.4) is 0 Å². The van der Waals surface area contributed by atoms with Gasteiger partial charge < -0.3 is 14.8 Å². The average Bonchev–Trinajstić information content (AvgIpc) is 3.46. The van der Waals surface area contributed by atoms with Crippen LogP contribution in [-0.4, -0.2) is 41.7 Å². The Kier molecular flexibility index (Phi) is 4.97. The summed E-state index contributed by atoms with van der Waals surface area (Å²) >= 11 is 1.66. The predicted octanol–water partition coefficient (Wildman–Crippen LogP) is 3.51. The molecule has 2 aromatic carbocycles. The van der Waals surface area contributed by atoms with Gasteiger partial charge in [0.2, 0.25) is 12.7 Å². The number of carbonyl (C=O) groups excluding carboxylic acids is 2. The van der Waals surface area contributed by atoms with Gasteiger partial charge in [-0.3, -0.25) is 15.0 Å². The second kappa shape index (κ2) is 7.92. The minimum atomic E-state index is -0.574. The van der Waals surface area contributed by atoms with Gasteiger partial charge in [-0.25, -0.2) is 9.78 Å². The van der Waals surface area contributed by atoms with Gasteiger partial charge in [-0.15, -0.1) is 11.3 Å². The van der Waals surface area contributed by atoms with Crippen molar-refractivity contribution < 1.29 is 19.1 Å². The van der Waals surface area contributed by atoms with Crippen LogP contribution in [0.2, 0.25) is 0 Å². The number of carbonyl (C=O) groups is 2. The molecule has 5 rings (SSSR count). The first kappa shape index (κ1) is 18.8. The first-order valence-electron chi connectivity index (χ1n) is 9.76. The zero-order chi connectivity index (χ0) is 20.5. The highest BCUT2D eigenvalue weighted by Gasteiger charge is 2.30. The SMILES string of the molecule is O=C(CN1CCC[C@@H]1c1nc2ccccc2s1)NC(=O)Nc1ccc2c(c1)OCO2. The molecule has 30 heavy (non-hydrogen) atoms. The largest absolute Gasteiger partial charge is 0.454 e. The van der Waals surface area contributed by atoms with Gasteiger partial charge in [-0.1, -0.05) is 12.1 Å². The van der Waals surface area contributed by atoms with E-state index in [4.69, 9.17) is 14.5 Å². The maximum Gasteiger partial charge on any atom is 0.325 e. The van der Waals surface area contributed by atoms with Gasteiger partial charge in [-0.05, 0) is 43.7 Å². The summed E-state index contributed by atoms with van der Waals surface area (Å²) in [5, 5.41) is 6.07. The maximum atomic E-state index is 12.5. The number of amides is 3. The van der Waals surface area contributed by atoms with E-state index in [1.165, 1.54) is 0 Å². The third-order valence-corrected chi connectivity index (χ3v) is 6.33. The molecule has 1 fully saturated rings. The molecule has 3 amide bonds. The molecular weight excluding hydrogens is 404 g/mol. The number of para-hydroxylation sites is 1. The van der Waals surface area contributed by atoms with E-state index in [9.17, 15) is 9.59 Å². The molecule has 3 heterocycles. The van der Waals surface area contributed by atoms with Gasteiger partial charge in [0.25, 0.3) is 0 Å². The Balaban J connectivity index is 1.19. The summed E-state index contributed by atoms with van der Waals surface area (Å²) in [6.07, 6.45) is 1.95. The van der Waals surface area contributed by atoms with Crippen molar-refractivity contribution in [2.45, 2.75) is 18.9 Å². The summed E-state index contributed by atoms with van der Waals surface area (Å²) in [7, 11) is 0. The Morgan fingerprint density at radius 3 is 2.93 bits per heavy atom. The van der Waals surface area contributed by atoms with E-state index in [-0.39, 0.29) is 25.3 Å². The average molecular weight is 424 g/mol. The van der Waals surface area contributed by atoms with Crippen molar-refractivity contribution in [3.8, 4) is 11.5 Å². The minimum absolute atomic E-state index is 0.102. The molecule has 2 aliphatic rings. The zero-order valence-corrected chi connectivity index (χ0v) is 16.9. The number of rotatable bonds is 4. The molecule has 3 aromatic rings. The maximum absolute atomic E-state index is 12.5. The summed E-state index contributed by atoms with van der Waals surface area (Å²) in [5.74, 6) is 0.850. The molecule has 1 aromatic heterocycles. The van der Waals surface area contributed by atoms with Gasteiger partial charge >= 0.3 is 6.03 Å². The normalized spacial score (nSPS) is 17.9. The van der Waals surface area contributed by atoms with Crippen molar-refractivity contribution in [1.82, 2.24) is 15.2 Å². The van der Waals surface area contributed by atoms with Crippen LogP contribution in [0.1, 0.15) is 23.9 Å². The fourth-order valence-corrected chi connectivity index (χ4v) is 4.95. The van der Waals surface area contributed by atoms with Crippen LogP contribution in [-0.2, 0) is 4.79 Å². The van der Waals surface area contributed by atoms with Crippen molar-refractivity contribution in [1.29, 1.82) is 0 Å². The fourth-order valence-electron chi connectivity index (χ4n) is 3.81. The van der Waals surface area contributed by atoms with Gasteiger partial charge in [0.1, 0.15) is 5.01 Å². The number of nitrogens with one attached hydrogen (secondary N) is 2. The smallest absolute Gasteiger partial charge is 0.325 e. The Morgan fingerprint density at radius 2 is 2.03 bits per heavy atom. The molecule has 1 saturated heterocycles. The van der Waals surface area contributed by atoms with Crippen molar-refractivity contribution in [2.75, 3.05) is 25.2 Å². The molecule has 2 N–H and O–H groups in total. The predicted molar refractivity (Wildman–Crippen MR) is 113 cm³/mol. The molecule has 0 bridgehead atoms. The number of imide groups is 1. The summed E-state index contributed by atoms with van der Waals surface area (Å²) < 4.78 is 11.7. The zero-order valence-electron chi connectivity index (χ0n) is 16.1. The second-order valence-electron chi connectivity index (χ2n) is 7.22. The van der Waals surface area contributed by atoms with Crippen LogP contribution < -0.4 is 20.1 Å². The number of nitrogens with zero attached hydrogens (tertiary/aromatic N) is 2. The molecule has 0 radical (unpaired) electrons. The number of fused-ring (bicyclic) bond motifs is 2. The Hall–Kier alpha value is -3.17. The van der Waals surface area contributed by atoms with Crippen LogP contribution in [0.25, 0.3) is 10.2 Å². The number of ether oxygens (including phenoxy) is 2. The third-order valence-electron chi connectivity index (χ3n) is 5.19. The number of likely N-dealkylation sites (tertiary alicyclic amines) is 1. The summed E-state index contributed by atoms with van der Waals surface area (Å²) in [6.45, 7) is 1.11. The van der Waals surface area contributed by atoms with Crippen LogP contribution in [0.5, 0.6) is 11.5 Å². The van der Waals surface area contributed by atoms with Crippen LogP contribution in [0.4, 0.5) is 10.5 Å². The molecule has 9 heteroatoms. The van der Waals surface area contributed by atoms with E-state index in [2.05, 4.69) is 21.6 Å². The van der Waals surface area contributed by atoms with E-state index in [0.29, 0.717) is 17.2 Å². The lowest BCUT2D eigenvalue weighted by molar-refractivity contribution is -0.121. The van der Waals surface area contributed by atoms with Crippen LogP contribution in [0, 0.1) is 0 Å². The van der Waals surface area contributed by atoms with Gasteiger partial charge in [0, 0.05) is 11.8 Å². The van der Waals surface area contributed by atoms with E-state index in [0.717, 1.165) is 34.6 Å². The van der Waals surface area contributed by atoms with Gasteiger partial charge in [0.05, 0.1) is 22.8 Å². The minimum Gasteiger partial charge on any atom is -0.454 e. The number of hydrogen-bond acceptors (Lipinski definition) is 7. The van der Waals surface area contributed by atoms with E-state index in [1.54, 1.807) is 29.5 Å². The summed E-state index contributed by atoms with van der Waals surface area (Å²) in [5.41, 5.74) is 1.51. The highest BCUT2D eigenvalue weighted by Crippen LogP contribution is 2.36. The molecule has 0 spiro atoms. The van der Waals surface area contributed by atoms with Crippen molar-refractivity contribution in [3.63, 3.8) is 0 Å². The molecule has 0 saturated carbocycles. The van der Waals surface area contributed by atoms with Crippen LogP contribution >= 0.6 is 11.3 Å². The number of thiazole rings is 1. The Morgan fingerprint density at radius 1 is 1.17 bits per heavy atom. The van der Waals surface area contributed by atoms with Crippen molar-refractivity contribution in [2.24, 2.45) is 0 Å². The molecule has 8 nitrogen and oxygen atoms in total. The molecule has 0 unspecified atom stereocenters. The highest BCUT2D eigenvalue weighted by atomic mass is 32.1. The Labute approximate surface area is 176 Å². The van der Waals surface area contributed by atoms with E-state index < -0.39 is 6.03 Å². The summed E-state index contributed by atoms with van der Waals surface area (Å²) in [4.78, 5) is 31.5. The summed E-state index contributed by atoms with van der Waals surface area (Å²) in [6, 6.07) is 12.6. The van der Waals surface area contributed by atoms with Crippen LogP contribution in [0.15, 0.2) is 42.5 Å². The number of benzene rings is 2. The lowest BCUT2D eigenvalue weighted by atomic mass is 10.2. The second-order valence-corrected chi connectivity index (χ2v) is 8.28. The van der Waals surface area contributed by atoms with E-state index >= 15 is 0 Å². The molecule has 2 aliphatic heterocycles.